The van der Waals surface area contributed by atoms with E-state index in [2.05, 4.69) is 10.6 Å². The molecule has 5 rings (SSSR count). The summed E-state index contributed by atoms with van der Waals surface area (Å²) in [6, 6.07) is 8.44. The zero-order chi connectivity index (χ0) is 22.3. The Kier molecular flexibility index (Phi) is 5.67. The molecule has 3 amide bonds. The van der Waals surface area contributed by atoms with E-state index >= 15 is 0 Å². The van der Waals surface area contributed by atoms with E-state index in [4.69, 9.17) is 4.74 Å². The van der Waals surface area contributed by atoms with Crippen molar-refractivity contribution in [2.45, 2.75) is 68.7 Å². The van der Waals surface area contributed by atoms with Gasteiger partial charge in [-0.05, 0) is 37.8 Å². The van der Waals surface area contributed by atoms with Crippen molar-refractivity contribution in [2.75, 3.05) is 18.5 Å². The lowest BCUT2D eigenvalue weighted by atomic mass is 9.70. The lowest BCUT2D eigenvalue weighted by Gasteiger charge is -2.35. The van der Waals surface area contributed by atoms with E-state index in [1.807, 2.05) is 18.2 Å². The minimum absolute atomic E-state index is 0.0564. The van der Waals surface area contributed by atoms with Gasteiger partial charge >= 0.3 is 0 Å². The average Bonchev–Trinajstić information content (AvgIpc) is 3.43. The van der Waals surface area contributed by atoms with Crippen LogP contribution in [0.25, 0.3) is 0 Å². The first-order valence-electron chi connectivity index (χ1n) is 11.8. The molecule has 4 fully saturated rings. The van der Waals surface area contributed by atoms with Gasteiger partial charge in [-0.3, -0.25) is 14.4 Å². The number of nitrogens with one attached hydrogen (secondary N) is 2. The number of hydrogen-bond acceptors (Lipinski definition) is 5. The number of aliphatic hydroxyl groups excluding tert-OH is 1. The normalized spacial score (nSPS) is 33.9. The van der Waals surface area contributed by atoms with Gasteiger partial charge in [0.05, 0.1) is 24.5 Å². The Morgan fingerprint density at radius 3 is 2.56 bits per heavy atom. The average molecular weight is 442 g/mol. The third kappa shape index (κ3) is 3.40. The first-order chi connectivity index (χ1) is 15.5. The van der Waals surface area contributed by atoms with Gasteiger partial charge in [0.25, 0.3) is 0 Å². The minimum Gasteiger partial charge on any atom is -0.395 e. The van der Waals surface area contributed by atoms with Crippen LogP contribution in [0.15, 0.2) is 30.3 Å². The Labute approximate surface area is 187 Å². The second kappa shape index (κ2) is 8.48. The van der Waals surface area contributed by atoms with Gasteiger partial charge in [-0.15, -0.1) is 0 Å². The van der Waals surface area contributed by atoms with Crippen LogP contribution in [0.1, 0.15) is 44.9 Å². The van der Waals surface area contributed by atoms with Crippen LogP contribution in [0.3, 0.4) is 0 Å². The Balaban J connectivity index is 1.41. The summed E-state index contributed by atoms with van der Waals surface area (Å²) >= 11 is 0. The molecule has 2 bridgehead atoms. The Morgan fingerprint density at radius 2 is 1.84 bits per heavy atom. The molecule has 3 aliphatic heterocycles. The number of fused-ring (bicyclic) bond motifs is 1. The molecular formula is C24H31N3O5. The molecule has 1 aliphatic carbocycles. The Hall–Kier alpha value is -2.45. The number of rotatable bonds is 6. The van der Waals surface area contributed by atoms with Crippen molar-refractivity contribution in [1.29, 1.82) is 0 Å². The van der Waals surface area contributed by atoms with E-state index in [1.54, 1.807) is 12.1 Å². The predicted molar refractivity (Wildman–Crippen MR) is 116 cm³/mol. The van der Waals surface area contributed by atoms with Crippen molar-refractivity contribution in [3.63, 3.8) is 0 Å². The van der Waals surface area contributed by atoms with E-state index in [0.717, 1.165) is 25.7 Å². The number of para-hydroxylation sites is 1. The number of benzene rings is 1. The lowest BCUT2D eigenvalue weighted by molar-refractivity contribution is -0.142. The fraction of sp³-hybridized carbons (Fsp3) is 0.625. The van der Waals surface area contributed by atoms with Crippen molar-refractivity contribution >= 4 is 23.4 Å². The molecule has 5 atom stereocenters. The van der Waals surface area contributed by atoms with Gasteiger partial charge in [0, 0.05) is 18.3 Å². The number of aliphatic hydroxyl groups is 1. The molecule has 1 aromatic rings. The highest BCUT2D eigenvalue weighted by Crippen LogP contribution is 2.58. The number of anilines is 1. The first-order valence-corrected chi connectivity index (χ1v) is 11.8. The molecule has 0 aromatic heterocycles. The molecule has 1 saturated carbocycles. The maximum atomic E-state index is 13.5. The number of hydrogen-bond donors (Lipinski definition) is 3. The quantitative estimate of drug-likeness (QED) is 0.619. The van der Waals surface area contributed by atoms with Gasteiger partial charge in [0.15, 0.2) is 0 Å². The summed E-state index contributed by atoms with van der Waals surface area (Å²) in [6.07, 6.45) is 6.05. The largest absolute Gasteiger partial charge is 0.395 e. The van der Waals surface area contributed by atoms with E-state index in [1.165, 1.54) is 11.3 Å². The van der Waals surface area contributed by atoms with Crippen molar-refractivity contribution in [2.24, 2.45) is 11.8 Å². The number of carbonyl (C=O) groups is 3. The summed E-state index contributed by atoms with van der Waals surface area (Å²) in [5.41, 5.74) is -0.340. The molecular weight excluding hydrogens is 410 g/mol. The molecule has 2 unspecified atom stereocenters. The summed E-state index contributed by atoms with van der Waals surface area (Å²) < 4.78 is 6.36. The van der Waals surface area contributed by atoms with Crippen LogP contribution in [0, 0.1) is 11.8 Å². The van der Waals surface area contributed by atoms with Gasteiger partial charge < -0.3 is 25.4 Å². The van der Waals surface area contributed by atoms with Crippen LogP contribution in [0.4, 0.5) is 5.69 Å². The van der Waals surface area contributed by atoms with Gasteiger partial charge in [0.1, 0.15) is 11.6 Å². The third-order valence-electron chi connectivity index (χ3n) is 7.69. The van der Waals surface area contributed by atoms with Gasteiger partial charge in [0.2, 0.25) is 17.7 Å². The van der Waals surface area contributed by atoms with Crippen LogP contribution in [-0.2, 0) is 19.1 Å². The van der Waals surface area contributed by atoms with E-state index in [-0.39, 0.29) is 43.0 Å². The number of ether oxygens (including phenoxy) is 1. The van der Waals surface area contributed by atoms with E-state index in [0.29, 0.717) is 18.5 Å². The lowest BCUT2D eigenvalue weighted by Crippen LogP contribution is -2.57. The number of carbonyl (C=O) groups excluding carboxylic acids is 3. The van der Waals surface area contributed by atoms with Crippen molar-refractivity contribution in [1.82, 2.24) is 10.2 Å². The van der Waals surface area contributed by atoms with Gasteiger partial charge in [-0.2, -0.15) is 0 Å². The zero-order valence-electron chi connectivity index (χ0n) is 18.2. The molecule has 172 valence electrons. The summed E-state index contributed by atoms with van der Waals surface area (Å²) in [6.45, 7) is -0.188. The highest BCUT2D eigenvalue weighted by atomic mass is 16.5. The molecule has 3 heterocycles. The molecule has 3 saturated heterocycles. The van der Waals surface area contributed by atoms with E-state index < -0.39 is 23.5 Å². The highest BCUT2D eigenvalue weighted by molar-refractivity contribution is 6.02. The highest BCUT2D eigenvalue weighted by Gasteiger charge is 2.74. The Morgan fingerprint density at radius 1 is 1.09 bits per heavy atom. The number of amides is 3. The number of likely N-dealkylation sites (tertiary alicyclic amines) is 1. The monoisotopic (exact) mass is 441 g/mol. The topological polar surface area (TPSA) is 108 Å². The predicted octanol–water partition coefficient (Wildman–Crippen LogP) is 1.44. The van der Waals surface area contributed by atoms with Crippen LogP contribution in [0.2, 0.25) is 0 Å². The fourth-order valence-electron chi connectivity index (χ4n) is 6.38. The maximum Gasteiger partial charge on any atom is 0.246 e. The second-order valence-corrected chi connectivity index (χ2v) is 9.51. The maximum absolute atomic E-state index is 13.5. The molecule has 8 nitrogen and oxygen atoms in total. The summed E-state index contributed by atoms with van der Waals surface area (Å²) in [4.78, 5) is 41.7. The molecule has 1 spiro atoms. The molecule has 8 heteroatoms. The minimum atomic E-state index is -1.01. The fourth-order valence-corrected chi connectivity index (χ4v) is 6.38. The van der Waals surface area contributed by atoms with Crippen LogP contribution < -0.4 is 10.6 Å². The summed E-state index contributed by atoms with van der Waals surface area (Å²) in [5, 5.41) is 15.7. The van der Waals surface area contributed by atoms with Crippen molar-refractivity contribution in [3.8, 4) is 0 Å². The second-order valence-electron chi connectivity index (χ2n) is 9.51. The van der Waals surface area contributed by atoms with Crippen LogP contribution >= 0.6 is 0 Å². The smallest absolute Gasteiger partial charge is 0.246 e. The van der Waals surface area contributed by atoms with E-state index in [9.17, 15) is 19.5 Å². The van der Waals surface area contributed by atoms with Gasteiger partial charge in [-0.1, -0.05) is 37.5 Å². The van der Waals surface area contributed by atoms with Gasteiger partial charge in [-0.25, -0.2) is 0 Å². The Bertz CT molecular complexity index is 887. The SMILES string of the molecule is O=C(NC1CCCCC1)C1N(CCO)C(=O)[C@@H]2[C@H](C(=O)Nc3ccccc3)[C@@H]3CCC12O3. The number of nitrogens with zero attached hydrogens (tertiary/aromatic N) is 1. The molecule has 3 N–H and O–H groups in total. The zero-order valence-corrected chi connectivity index (χ0v) is 18.2. The first kappa shape index (κ1) is 21.4. The third-order valence-corrected chi connectivity index (χ3v) is 7.69. The number of β-amino-alcohol motifs (C(OH)–C–C–N with tert-alkyl or cyclic N) is 1. The molecule has 0 radical (unpaired) electrons. The van der Waals surface area contributed by atoms with Crippen LogP contribution in [-0.4, -0.2) is 64.7 Å². The summed E-state index contributed by atoms with van der Waals surface area (Å²) in [5.74, 6) is -2.09. The molecule has 32 heavy (non-hydrogen) atoms. The summed E-state index contributed by atoms with van der Waals surface area (Å²) in [7, 11) is 0. The van der Waals surface area contributed by atoms with Crippen molar-refractivity contribution < 1.29 is 24.2 Å². The van der Waals surface area contributed by atoms with Crippen molar-refractivity contribution in [3.05, 3.63) is 30.3 Å². The standard InChI is InChI=1S/C24H31N3O5/c28-14-13-27-20(22(30)26-16-9-5-2-6-10-16)24-12-11-17(32-24)18(19(24)23(27)31)21(29)25-15-7-3-1-4-8-15/h1,3-4,7-8,16-20,28H,2,5-6,9-14H2,(H,25,29)(H,26,30)/t17-,18+,19-,20?,24?/m0/s1. The molecule has 1 aromatic carbocycles. The molecule has 4 aliphatic rings. The van der Waals surface area contributed by atoms with Crippen LogP contribution in [0.5, 0.6) is 0 Å².